The maximum Gasteiger partial charge on any atom is 0.230 e. The van der Waals surface area contributed by atoms with Gasteiger partial charge in [0.2, 0.25) is 5.91 Å². The molecule has 0 aromatic carbocycles. The number of carbonyl (C=O) groups is 1. The number of piperidine rings is 1. The third-order valence-electron chi connectivity index (χ3n) is 4.45. The number of nitrogens with zero attached hydrogens (tertiary/aromatic N) is 1. The molecule has 0 aromatic heterocycles. The zero-order chi connectivity index (χ0) is 13.0. The van der Waals surface area contributed by atoms with Crippen molar-refractivity contribution in [3.63, 3.8) is 0 Å². The van der Waals surface area contributed by atoms with Crippen LogP contribution in [0.2, 0.25) is 0 Å². The Hall–Kier alpha value is -0.610. The van der Waals surface area contributed by atoms with Gasteiger partial charge in [0.1, 0.15) is 0 Å². The molecular weight excluding hydrogens is 228 g/mol. The molecule has 104 valence electrons. The van der Waals surface area contributed by atoms with Gasteiger partial charge in [0, 0.05) is 25.7 Å². The van der Waals surface area contributed by atoms with E-state index in [2.05, 4.69) is 12.2 Å². The summed E-state index contributed by atoms with van der Waals surface area (Å²) in [5, 5.41) is 12.3. The summed E-state index contributed by atoms with van der Waals surface area (Å²) >= 11 is 0. The number of hydrogen-bond donors (Lipinski definition) is 2. The fourth-order valence-corrected chi connectivity index (χ4v) is 2.97. The van der Waals surface area contributed by atoms with Crippen LogP contribution in [0.4, 0.5) is 0 Å². The van der Waals surface area contributed by atoms with Gasteiger partial charge in [0.15, 0.2) is 0 Å². The topological polar surface area (TPSA) is 52.6 Å². The van der Waals surface area contributed by atoms with Crippen molar-refractivity contribution in [1.29, 1.82) is 0 Å². The zero-order valence-corrected chi connectivity index (χ0v) is 11.5. The first-order valence-electron chi connectivity index (χ1n) is 7.30. The molecule has 1 heterocycles. The fourth-order valence-electron chi connectivity index (χ4n) is 2.97. The van der Waals surface area contributed by atoms with Crippen LogP contribution < -0.4 is 5.32 Å². The van der Waals surface area contributed by atoms with Gasteiger partial charge in [-0.2, -0.15) is 0 Å². The normalized spacial score (nSPS) is 28.8. The SMILES string of the molecule is CC1(C(=O)N(CCCO)C2CCC2)CCCNC1. The molecule has 1 aliphatic heterocycles. The van der Waals surface area contributed by atoms with Crippen LogP contribution in [0.1, 0.15) is 45.4 Å². The maximum absolute atomic E-state index is 12.8. The minimum absolute atomic E-state index is 0.172. The number of amides is 1. The Morgan fingerprint density at radius 2 is 2.22 bits per heavy atom. The Labute approximate surface area is 110 Å². The van der Waals surface area contributed by atoms with Gasteiger partial charge in [0.05, 0.1) is 5.41 Å². The van der Waals surface area contributed by atoms with Gasteiger partial charge in [-0.1, -0.05) is 0 Å². The molecular formula is C14H26N2O2. The smallest absolute Gasteiger partial charge is 0.230 e. The van der Waals surface area contributed by atoms with Gasteiger partial charge in [0.25, 0.3) is 0 Å². The summed E-state index contributed by atoms with van der Waals surface area (Å²) < 4.78 is 0. The first-order valence-corrected chi connectivity index (χ1v) is 7.30. The standard InChI is InChI=1S/C14H26N2O2/c1-14(7-3-8-15-11-14)13(18)16(9-4-10-17)12-5-2-6-12/h12,15,17H,2-11H2,1H3. The van der Waals surface area contributed by atoms with Crippen molar-refractivity contribution in [3.8, 4) is 0 Å². The second kappa shape index (κ2) is 6.02. The average Bonchev–Trinajstić information content (AvgIpc) is 2.32. The van der Waals surface area contributed by atoms with E-state index < -0.39 is 0 Å². The van der Waals surface area contributed by atoms with Crippen LogP contribution in [0, 0.1) is 5.41 Å². The Kier molecular flexibility index (Phi) is 4.62. The van der Waals surface area contributed by atoms with Crippen molar-refractivity contribution in [3.05, 3.63) is 0 Å². The lowest BCUT2D eigenvalue weighted by atomic mass is 9.79. The first kappa shape index (κ1) is 13.8. The second-order valence-corrected chi connectivity index (χ2v) is 6.00. The van der Waals surface area contributed by atoms with Gasteiger partial charge in [-0.05, 0) is 52.0 Å². The van der Waals surface area contributed by atoms with E-state index in [4.69, 9.17) is 5.11 Å². The molecule has 1 amide bonds. The number of aliphatic hydroxyl groups is 1. The highest BCUT2D eigenvalue weighted by molar-refractivity contribution is 5.83. The molecule has 1 aliphatic carbocycles. The summed E-state index contributed by atoms with van der Waals surface area (Å²) in [6.45, 7) is 4.81. The molecule has 2 N–H and O–H groups in total. The Balaban J connectivity index is 2.01. The third kappa shape index (κ3) is 2.86. The summed E-state index contributed by atoms with van der Waals surface area (Å²) in [6, 6.07) is 0.433. The highest BCUT2D eigenvalue weighted by atomic mass is 16.3. The van der Waals surface area contributed by atoms with Gasteiger partial charge < -0.3 is 15.3 Å². The summed E-state index contributed by atoms with van der Waals surface area (Å²) in [7, 11) is 0. The highest BCUT2D eigenvalue weighted by Crippen LogP contribution is 2.33. The van der Waals surface area contributed by atoms with Crippen LogP contribution in [0.3, 0.4) is 0 Å². The van der Waals surface area contributed by atoms with Crippen LogP contribution >= 0.6 is 0 Å². The lowest BCUT2D eigenvalue weighted by Gasteiger charge is -2.44. The van der Waals surface area contributed by atoms with E-state index in [0.29, 0.717) is 18.4 Å². The van der Waals surface area contributed by atoms with Gasteiger partial charge >= 0.3 is 0 Å². The van der Waals surface area contributed by atoms with Crippen molar-refractivity contribution in [2.45, 2.75) is 51.5 Å². The predicted octanol–water partition coefficient (Wildman–Crippen LogP) is 1.14. The monoisotopic (exact) mass is 254 g/mol. The summed E-state index contributed by atoms with van der Waals surface area (Å²) in [6.07, 6.45) is 6.29. The molecule has 18 heavy (non-hydrogen) atoms. The highest BCUT2D eigenvalue weighted by Gasteiger charge is 2.40. The molecule has 4 heteroatoms. The molecule has 2 aliphatic rings. The molecule has 2 fully saturated rings. The van der Waals surface area contributed by atoms with E-state index >= 15 is 0 Å². The number of aliphatic hydroxyl groups excluding tert-OH is 1. The largest absolute Gasteiger partial charge is 0.396 e. The molecule has 0 bridgehead atoms. The lowest BCUT2D eigenvalue weighted by molar-refractivity contribution is -0.146. The van der Waals surface area contributed by atoms with Crippen molar-refractivity contribution in [2.24, 2.45) is 5.41 Å². The van der Waals surface area contributed by atoms with E-state index in [9.17, 15) is 4.79 Å². The van der Waals surface area contributed by atoms with E-state index in [1.807, 2.05) is 4.90 Å². The molecule has 0 spiro atoms. The molecule has 0 aromatic rings. The summed E-state index contributed by atoms with van der Waals surface area (Å²) in [5.74, 6) is 0.299. The Morgan fingerprint density at radius 3 is 2.72 bits per heavy atom. The van der Waals surface area contributed by atoms with Crippen LogP contribution in [0.5, 0.6) is 0 Å². The van der Waals surface area contributed by atoms with E-state index in [1.165, 1.54) is 6.42 Å². The minimum Gasteiger partial charge on any atom is -0.396 e. The van der Waals surface area contributed by atoms with Crippen molar-refractivity contribution < 1.29 is 9.90 Å². The molecule has 1 unspecified atom stereocenters. The summed E-state index contributed by atoms with van der Waals surface area (Å²) in [4.78, 5) is 14.8. The average molecular weight is 254 g/mol. The first-order chi connectivity index (χ1) is 8.67. The predicted molar refractivity (Wildman–Crippen MR) is 71.3 cm³/mol. The maximum atomic E-state index is 12.8. The number of nitrogens with one attached hydrogen (secondary N) is 1. The van der Waals surface area contributed by atoms with Crippen molar-refractivity contribution >= 4 is 5.91 Å². The van der Waals surface area contributed by atoms with Crippen molar-refractivity contribution in [1.82, 2.24) is 10.2 Å². The minimum atomic E-state index is -0.233. The van der Waals surface area contributed by atoms with Gasteiger partial charge in [-0.3, -0.25) is 4.79 Å². The van der Waals surface area contributed by atoms with E-state index in [-0.39, 0.29) is 12.0 Å². The quantitative estimate of drug-likeness (QED) is 0.773. The van der Waals surface area contributed by atoms with Crippen LogP contribution in [-0.2, 0) is 4.79 Å². The molecule has 2 rings (SSSR count). The fraction of sp³-hybridized carbons (Fsp3) is 0.929. The lowest BCUT2D eigenvalue weighted by Crippen LogP contribution is -2.55. The van der Waals surface area contributed by atoms with Crippen molar-refractivity contribution in [2.75, 3.05) is 26.2 Å². The zero-order valence-electron chi connectivity index (χ0n) is 11.5. The molecule has 4 nitrogen and oxygen atoms in total. The van der Waals surface area contributed by atoms with Crippen LogP contribution in [0.15, 0.2) is 0 Å². The van der Waals surface area contributed by atoms with E-state index in [0.717, 1.165) is 45.3 Å². The third-order valence-corrected chi connectivity index (χ3v) is 4.45. The molecule has 0 radical (unpaired) electrons. The second-order valence-electron chi connectivity index (χ2n) is 6.00. The van der Waals surface area contributed by atoms with Gasteiger partial charge in [-0.15, -0.1) is 0 Å². The van der Waals surface area contributed by atoms with E-state index in [1.54, 1.807) is 0 Å². The Morgan fingerprint density at radius 1 is 1.44 bits per heavy atom. The number of carbonyl (C=O) groups excluding carboxylic acids is 1. The van der Waals surface area contributed by atoms with Gasteiger partial charge in [-0.25, -0.2) is 0 Å². The molecule has 1 saturated carbocycles. The Bertz CT molecular complexity index is 284. The number of hydrogen-bond acceptors (Lipinski definition) is 3. The summed E-state index contributed by atoms with van der Waals surface area (Å²) in [5.41, 5.74) is -0.233. The molecule has 1 saturated heterocycles. The van der Waals surface area contributed by atoms with Crippen LogP contribution in [0.25, 0.3) is 0 Å². The number of rotatable bonds is 5. The van der Waals surface area contributed by atoms with Crippen LogP contribution in [-0.4, -0.2) is 48.2 Å². The molecule has 1 atom stereocenters.